The quantitative estimate of drug-likeness (QED) is 0.383. The molecule has 13 heteroatoms. The van der Waals surface area contributed by atoms with Crippen molar-refractivity contribution in [3.8, 4) is 16.2 Å². The van der Waals surface area contributed by atoms with Gasteiger partial charge in [-0.15, -0.1) is 11.3 Å². The van der Waals surface area contributed by atoms with Gasteiger partial charge in [0.1, 0.15) is 11.4 Å². The summed E-state index contributed by atoms with van der Waals surface area (Å²) in [5.41, 5.74) is 4.82. The van der Waals surface area contributed by atoms with E-state index < -0.39 is 21.7 Å². The molecular weight excluding hydrogens is 567 g/mol. The SMILES string of the molecule is CS(=O)(=O)c1cccc(-c2ccc(C(C=C(N)C(F)(F)F)=Nc3cccc(OCC(=O)N4CCOCC4)c3)s2)c1. The second-order valence-electron chi connectivity index (χ2n) is 8.84. The zero-order chi connectivity index (χ0) is 28.9. The van der Waals surface area contributed by atoms with Gasteiger partial charge in [0.15, 0.2) is 16.4 Å². The molecule has 0 atom stereocenters. The van der Waals surface area contributed by atoms with Crippen molar-refractivity contribution in [3.05, 3.63) is 77.3 Å². The van der Waals surface area contributed by atoms with Gasteiger partial charge in [0.25, 0.3) is 5.91 Å². The van der Waals surface area contributed by atoms with Gasteiger partial charge >= 0.3 is 6.18 Å². The smallest absolute Gasteiger partial charge is 0.430 e. The molecule has 8 nitrogen and oxygen atoms in total. The highest BCUT2D eigenvalue weighted by Gasteiger charge is 2.32. The number of hydrogen-bond acceptors (Lipinski definition) is 8. The van der Waals surface area contributed by atoms with Gasteiger partial charge in [-0.2, -0.15) is 13.2 Å². The van der Waals surface area contributed by atoms with Gasteiger partial charge in [-0.05, 0) is 48.0 Å². The van der Waals surface area contributed by atoms with E-state index in [0.717, 1.165) is 23.7 Å². The number of aliphatic imine (C=N–C) groups is 1. The molecule has 1 amide bonds. The van der Waals surface area contributed by atoms with Gasteiger partial charge in [0, 0.05) is 30.3 Å². The normalized spacial score (nSPS) is 15.2. The third-order valence-electron chi connectivity index (χ3n) is 5.82. The average molecular weight is 594 g/mol. The Morgan fingerprint density at radius 2 is 1.85 bits per heavy atom. The highest BCUT2D eigenvalue weighted by atomic mass is 32.2. The number of carbonyl (C=O) groups excluding carboxylic acids is 1. The number of hydrogen-bond donors (Lipinski definition) is 1. The first-order valence-corrected chi connectivity index (χ1v) is 14.7. The second kappa shape index (κ2) is 12.2. The van der Waals surface area contributed by atoms with Crippen LogP contribution in [0.2, 0.25) is 0 Å². The first-order valence-electron chi connectivity index (χ1n) is 12.0. The van der Waals surface area contributed by atoms with Crippen LogP contribution in [0.1, 0.15) is 4.88 Å². The van der Waals surface area contributed by atoms with Crippen molar-refractivity contribution in [2.45, 2.75) is 11.1 Å². The van der Waals surface area contributed by atoms with E-state index in [1.165, 1.54) is 18.2 Å². The molecule has 0 saturated carbocycles. The summed E-state index contributed by atoms with van der Waals surface area (Å²) in [5, 5.41) is 0. The van der Waals surface area contributed by atoms with E-state index >= 15 is 0 Å². The predicted molar refractivity (Wildman–Crippen MR) is 147 cm³/mol. The largest absolute Gasteiger partial charge is 0.484 e. The van der Waals surface area contributed by atoms with Gasteiger partial charge in [-0.3, -0.25) is 4.79 Å². The molecule has 0 radical (unpaired) electrons. The second-order valence-corrected chi connectivity index (χ2v) is 11.9. The van der Waals surface area contributed by atoms with Crippen LogP contribution < -0.4 is 10.5 Å². The van der Waals surface area contributed by atoms with E-state index in [9.17, 15) is 26.4 Å². The van der Waals surface area contributed by atoms with Crippen LogP contribution in [0.25, 0.3) is 10.4 Å². The number of alkyl halides is 3. The van der Waals surface area contributed by atoms with Crippen molar-refractivity contribution in [2.75, 3.05) is 39.2 Å². The van der Waals surface area contributed by atoms with Crippen LogP contribution in [0.15, 0.2) is 82.3 Å². The number of allylic oxidation sites excluding steroid dienone is 2. The summed E-state index contributed by atoms with van der Waals surface area (Å²) in [7, 11) is -3.45. The number of amides is 1. The highest BCUT2D eigenvalue weighted by molar-refractivity contribution is 7.90. The van der Waals surface area contributed by atoms with Gasteiger partial charge in [-0.1, -0.05) is 18.2 Å². The van der Waals surface area contributed by atoms with Crippen molar-refractivity contribution in [3.63, 3.8) is 0 Å². The molecule has 0 aliphatic carbocycles. The van der Waals surface area contributed by atoms with Gasteiger partial charge in [-0.25, -0.2) is 13.4 Å². The number of benzene rings is 2. The van der Waals surface area contributed by atoms with Crippen molar-refractivity contribution >= 4 is 38.5 Å². The number of nitrogens with two attached hydrogens (primary N) is 1. The number of sulfone groups is 1. The number of ether oxygens (including phenoxy) is 2. The average Bonchev–Trinajstić information content (AvgIpc) is 3.42. The fourth-order valence-corrected chi connectivity index (χ4v) is 5.36. The minimum Gasteiger partial charge on any atom is -0.484 e. The molecule has 1 fully saturated rings. The van der Waals surface area contributed by atoms with Crippen LogP contribution in [-0.2, 0) is 19.4 Å². The van der Waals surface area contributed by atoms with Crippen LogP contribution >= 0.6 is 11.3 Å². The summed E-state index contributed by atoms with van der Waals surface area (Å²) in [6.07, 6.45) is -2.93. The Balaban J connectivity index is 1.63. The van der Waals surface area contributed by atoms with Crippen LogP contribution in [0, 0.1) is 0 Å². The van der Waals surface area contributed by atoms with Crippen molar-refractivity contribution < 1.29 is 35.9 Å². The van der Waals surface area contributed by atoms with Crippen LogP contribution in [-0.4, -0.2) is 70.3 Å². The van der Waals surface area contributed by atoms with Crippen LogP contribution in [0.3, 0.4) is 0 Å². The summed E-state index contributed by atoms with van der Waals surface area (Å²) in [5.74, 6) is 0.115. The Kier molecular flexibility index (Phi) is 8.96. The van der Waals surface area contributed by atoms with Gasteiger partial charge < -0.3 is 20.1 Å². The highest BCUT2D eigenvalue weighted by Crippen LogP contribution is 2.32. The fraction of sp³-hybridized carbons (Fsp3) is 0.259. The Labute approximate surface area is 233 Å². The van der Waals surface area contributed by atoms with Gasteiger partial charge in [0.05, 0.1) is 34.4 Å². The maximum absolute atomic E-state index is 13.3. The van der Waals surface area contributed by atoms with E-state index in [4.69, 9.17) is 15.2 Å². The molecule has 4 rings (SSSR count). The van der Waals surface area contributed by atoms with E-state index in [1.54, 1.807) is 47.4 Å². The van der Waals surface area contributed by atoms with E-state index in [-0.39, 0.29) is 28.8 Å². The monoisotopic (exact) mass is 593 g/mol. The molecule has 40 heavy (non-hydrogen) atoms. The molecule has 212 valence electrons. The molecule has 2 heterocycles. The minimum atomic E-state index is -4.77. The number of halogens is 3. The summed E-state index contributed by atoms with van der Waals surface area (Å²) in [6.45, 7) is 1.66. The maximum atomic E-state index is 13.3. The molecule has 1 aliphatic heterocycles. The molecule has 0 spiro atoms. The van der Waals surface area contributed by atoms with Crippen LogP contribution in [0.5, 0.6) is 5.75 Å². The Morgan fingerprint density at radius 3 is 2.55 bits per heavy atom. The molecule has 1 saturated heterocycles. The molecule has 0 bridgehead atoms. The topological polar surface area (TPSA) is 111 Å². The molecule has 0 unspecified atom stereocenters. The summed E-state index contributed by atoms with van der Waals surface area (Å²) >= 11 is 1.13. The third kappa shape index (κ3) is 7.71. The molecule has 2 aromatic carbocycles. The third-order valence-corrected chi connectivity index (χ3v) is 8.09. The first-order chi connectivity index (χ1) is 18.9. The van der Waals surface area contributed by atoms with E-state index in [0.29, 0.717) is 47.4 Å². The summed E-state index contributed by atoms with van der Waals surface area (Å²) in [4.78, 5) is 19.6. The Hall–Kier alpha value is -3.68. The Morgan fingerprint density at radius 1 is 1.12 bits per heavy atom. The van der Waals surface area contributed by atoms with Crippen molar-refractivity contribution in [1.29, 1.82) is 0 Å². The lowest BCUT2D eigenvalue weighted by Crippen LogP contribution is -2.42. The number of nitrogens with zero attached hydrogens (tertiary/aromatic N) is 2. The number of thiophene rings is 1. The zero-order valence-corrected chi connectivity index (χ0v) is 23.0. The number of morpholine rings is 1. The number of rotatable bonds is 8. The van der Waals surface area contributed by atoms with E-state index in [1.807, 2.05) is 0 Å². The summed E-state index contributed by atoms with van der Waals surface area (Å²) in [6, 6.07) is 15.8. The maximum Gasteiger partial charge on any atom is 0.430 e. The van der Waals surface area contributed by atoms with Crippen molar-refractivity contribution in [2.24, 2.45) is 10.7 Å². The first kappa shape index (κ1) is 29.3. The van der Waals surface area contributed by atoms with Gasteiger partial charge in [0.2, 0.25) is 0 Å². The molecule has 1 aromatic heterocycles. The van der Waals surface area contributed by atoms with Crippen molar-refractivity contribution in [1.82, 2.24) is 4.90 Å². The molecule has 2 N–H and O–H groups in total. The molecular formula is C27H26F3N3O5S2. The summed E-state index contributed by atoms with van der Waals surface area (Å²) < 4.78 is 74.7. The van der Waals surface area contributed by atoms with Crippen LogP contribution in [0.4, 0.5) is 18.9 Å². The lowest BCUT2D eigenvalue weighted by atomic mass is 10.2. The lowest BCUT2D eigenvalue weighted by molar-refractivity contribution is -0.137. The Bertz CT molecular complexity index is 1540. The molecule has 3 aromatic rings. The minimum absolute atomic E-state index is 0.0492. The lowest BCUT2D eigenvalue weighted by Gasteiger charge is -2.26. The predicted octanol–water partition coefficient (Wildman–Crippen LogP) is 4.58. The zero-order valence-electron chi connectivity index (χ0n) is 21.3. The standard InChI is InChI=1S/C27H26F3N3O5S2/c1-40(35,36)21-7-2-4-18(14-21)23-8-9-24(39-23)22(16-25(31)27(28,29)30)32-19-5-3-6-20(15-19)38-17-26(34)33-10-12-37-13-11-33/h2-9,14-16H,10-13,17,31H2,1H3. The van der Waals surface area contributed by atoms with E-state index in [2.05, 4.69) is 4.99 Å². The number of carbonyl (C=O) groups is 1. The molecule has 1 aliphatic rings. The fourth-order valence-electron chi connectivity index (χ4n) is 3.73.